The van der Waals surface area contributed by atoms with E-state index >= 15 is 0 Å². The highest BCUT2D eigenvalue weighted by atomic mass is 32.2. The van der Waals surface area contributed by atoms with Gasteiger partial charge in [-0.3, -0.25) is 9.00 Å². The van der Waals surface area contributed by atoms with Gasteiger partial charge in [-0.25, -0.2) is 0 Å². The maximum Gasteiger partial charge on any atom is 0.226 e. The van der Waals surface area contributed by atoms with E-state index in [4.69, 9.17) is 0 Å². The van der Waals surface area contributed by atoms with Gasteiger partial charge in [0.15, 0.2) is 0 Å². The van der Waals surface area contributed by atoms with Gasteiger partial charge in [-0.15, -0.1) is 0 Å². The van der Waals surface area contributed by atoms with E-state index in [1.165, 1.54) is 19.3 Å². The van der Waals surface area contributed by atoms with E-state index in [0.29, 0.717) is 12.3 Å². The fraction of sp³-hybridized carbons (Fsp3) is 0.941. The maximum absolute atomic E-state index is 12.7. The molecule has 4 rings (SSSR count). The third-order valence-corrected chi connectivity index (χ3v) is 7.72. The summed E-state index contributed by atoms with van der Waals surface area (Å²) in [5.41, 5.74) is -0.0715. The SMILES string of the molecule is CC(C)(C)[S@](=O)CCNC(=O)C12CC3CC(CC(C3)C1)C2. The molecule has 0 aromatic carbocycles. The van der Waals surface area contributed by atoms with E-state index in [1.807, 2.05) is 20.8 Å². The monoisotopic (exact) mass is 311 g/mol. The Morgan fingerprint density at radius 1 is 1.10 bits per heavy atom. The molecule has 4 aliphatic rings. The van der Waals surface area contributed by atoms with Crippen LogP contribution in [0.5, 0.6) is 0 Å². The molecule has 4 saturated carbocycles. The number of carbonyl (C=O) groups is 1. The Kier molecular flexibility index (Phi) is 3.96. The minimum Gasteiger partial charge on any atom is -0.355 e. The molecule has 0 aliphatic heterocycles. The Hall–Kier alpha value is -0.380. The Balaban J connectivity index is 1.55. The summed E-state index contributed by atoms with van der Waals surface area (Å²) in [7, 11) is -0.880. The van der Waals surface area contributed by atoms with Crippen molar-refractivity contribution >= 4 is 16.7 Å². The molecule has 1 N–H and O–H groups in total. The van der Waals surface area contributed by atoms with Gasteiger partial charge in [0.1, 0.15) is 0 Å². The molecular weight excluding hydrogens is 282 g/mol. The van der Waals surface area contributed by atoms with Crippen LogP contribution in [-0.4, -0.2) is 27.2 Å². The number of carbonyl (C=O) groups excluding carboxylic acids is 1. The highest BCUT2D eigenvalue weighted by molar-refractivity contribution is 7.86. The predicted octanol–water partition coefficient (Wildman–Crippen LogP) is 2.87. The van der Waals surface area contributed by atoms with Crippen molar-refractivity contribution < 1.29 is 9.00 Å². The molecule has 3 nitrogen and oxygen atoms in total. The van der Waals surface area contributed by atoms with Crippen LogP contribution in [0, 0.1) is 23.2 Å². The van der Waals surface area contributed by atoms with Crippen LogP contribution in [0.25, 0.3) is 0 Å². The highest BCUT2D eigenvalue weighted by Crippen LogP contribution is 2.60. The second kappa shape index (κ2) is 5.36. The molecule has 4 fully saturated rings. The second-order valence-corrected chi connectivity index (χ2v) is 10.9. The summed E-state index contributed by atoms with van der Waals surface area (Å²) in [5.74, 6) is 3.22. The Morgan fingerprint density at radius 3 is 2.00 bits per heavy atom. The zero-order valence-electron chi connectivity index (χ0n) is 13.6. The fourth-order valence-electron chi connectivity index (χ4n) is 5.14. The molecule has 0 radical (unpaired) electrons. The second-order valence-electron chi connectivity index (χ2n) is 8.62. The van der Waals surface area contributed by atoms with E-state index < -0.39 is 10.8 Å². The Bertz CT molecular complexity index is 417. The van der Waals surface area contributed by atoms with Crippen molar-refractivity contribution in [3.05, 3.63) is 0 Å². The van der Waals surface area contributed by atoms with Gasteiger partial charge < -0.3 is 5.32 Å². The third-order valence-electron chi connectivity index (χ3n) is 5.78. The first-order valence-corrected chi connectivity index (χ1v) is 9.77. The van der Waals surface area contributed by atoms with Crippen molar-refractivity contribution in [2.45, 2.75) is 64.0 Å². The molecule has 0 spiro atoms. The summed E-state index contributed by atoms with van der Waals surface area (Å²) in [6, 6.07) is 0. The van der Waals surface area contributed by atoms with Crippen LogP contribution in [0.3, 0.4) is 0 Å². The largest absolute Gasteiger partial charge is 0.355 e. The molecule has 1 atom stereocenters. The molecule has 0 aromatic heterocycles. The van der Waals surface area contributed by atoms with Gasteiger partial charge >= 0.3 is 0 Å². The van der Waals surface area contributed by atoms with Crippen LogP contribution in [0.2, 0.25) is 0 Å². The first-order chi connectivity index (χ1) is 9.78. The first-order valence-electron chi connectivity index (χ1n) is 8.45. The van der Waals surface area contributed by atoms with Crippen molar-refractivity contribution in [1.29, 1.82) is 0 Å². The van der Waals surface area contributed by atoms with Crippen molar-refractivity contribution in [2.24, 2.45) is 23.2 Å². The molecule has 0 heterocycles. The number of amides is 1. The smallest absolute Gasteiger partial charge is 0.226 e. The molecule has 4 aliphatic carbocycles. The molecular formula is C17H29NO2S. The average molecular weight is 311 g/mol. The maximum atomic E-state index is 12.7. The topological polar surface area (TPSA) is 46.2 Å². The molecule has 0 saturated heterocycles. The van der Waals surface area contributed by atoms with Crippen LogP contribution in [-0.2, 0) is 15.6 Å². The van der Waals surface area contributed by atoms with Gasteiger partial charge in [-0.1, -0.05) is 0 Å². The molecule has 0 aromatic rings. The summed E-state index contributed by atoms with van der Waals surface area (Å²) in [6.07, 6.45) is 7.40. The lowest BCUT2D eigenvalue weighted by molar-refractivity contribution is -0.146. The van der Waals surface area contributed by atoms with Gasteiger partial charge in [0.25, 0.3) is 0 Å². The van der Waals surface area contributed by atoms with Crippen molar-refractivity contribution in [3.63, 3.8) is 0 Å². The van der Waals surface area contributed by atoms with Gasteiger partial charge in [0.2, 0.25) is 5.91 Å². The minimum absolute atomic E-state index is 0.0715. The third kappa shape index (κ3) is 3.06. The van der Waals surface area contributed by atoms with Crippen molar-refractivity contribution in [2.75, 3.05) is 12.3 Å². The average Bonchev–Trinajstić information content (AvgIpc) is 2.35. The van der Waals surface area contributed by atoms with Crippen LogP contribution >= 0.6 is 0 Å². The summed E-state index contributed by atoms with van der Waals surface area (Å²) >= 11 is 0. The summed E-state index contributed by atoms with van der Waals surface area (Å²) in [6.45, 7) is 6.53. The van der Waals surface area contributed by atoms with E-state index in [9.17, 15) is 9.00 Å². The van der Waals surface area contributed by atoms with Gasteiger partial charge in [0, 0.05) is 33.3 Å². The molecule has 4 heteroatoms. The lowest BCUT2D eigenvalue weighted by atomic mass is 9.49. The van der Waals surface area contributed by atoms with E-state index in [2.05, 4.69) is 5.32 Å². The van der Waals surface area contributed by atoms with Crippen LogP contribution in [0.1, 0.15) is 59.3 Å². The minimum atomic E-state index is -0.880. The van der Waals surface area contributed by atoms with Gasteiger partial charge in [-0.2, -0.15) is 0 Å². The van der Waals surface area contributed by atoms with Gasteiger partial charge in [-0.05, 0) is 77.0 Å². The van der Waals surface area contributed by atoms with Gasteiger partial charge in [0.05, 0.1) is 0 Å². The van der Waals surface area contributed by atoms with Crippen molar-refractivity contribution in [1.82, 2.24) is 5.32 Å². The zero-order valence-corrected chi connectivity index (χ0v) is 14.4. The standard InChI is InChI=1S/C17H29NO2S/c1-16(2,3)21(20)5-4-18-15(19)17-9-12-6-13(10-17)8-14(7-12)11-17/h12-14H,4-11H2,1-3H3,(H,18,19)/t12?,13?,14?,17?,21-/m1/s1. The number of rotatable bonds is 4. The molecule has 4 bridgehead atoms. The Labute approximate surface area is 131 Å². The normalized spacial score (nSPS) is 39.3. The summed E-state index contributed by atoms with van der Waals surface area (Å²) in [4.78, 5) is 12.7. The summed E-state index contributed by atoms with van der Waals surface area (Å²) < 4.78 is 11.9. The van der Waals surface area contributed by atoms with Crippen LogP contribution < -0.4 is 5.32 Å². The molecule has 0 unspecified atom stereocenters. The van der Waals surface area contributed by atoms with Crippen molar-refractivity contribution in [3.8, 4) is 0 Å². The Morgan fingerprint density at radius 2 is 1.57 bits per heavy atom. The zero-order chi connectivity index (χ0) is 15.3. The first kappa shape index (κ1) is 15.5. The van der Waals surface area contributed by atoms with Crippen LogP contribution in [0.15, 0.2) is 0 Å². The summed E-state index contributed by atoms with van der Waals surface area (Å²) in [5, 5.41) is 3.11. The van der Waals surface area contributed by atoms with E-state index in [-0.39, 0.29) is 16.1 Å². The fourth-order valence-corrected chi connectivity index (χ4v) is 6.04. The van der Waals surface area contributed by atoms with E-state index in [0.717, 1.165) is 37.0 Å². The number of nitrogens with one attached hydrogen (secondary N) is 1. The molecule has 1 amide bonds. The number of hydrogen-bond donors (Lipinski definition) is 1. The molecule has 21 heavy (non-hydrogen) atoms. The lowest BCUT2D eigenvalue weighted by Gasteiger charge is -2.55. The van der Waals surface area contributed by atoms with E-state index in [1.54, 1.807) is 0 Å². The number of hydrogen-bond acceptors (Lipinski definition) is 2. The quantitative estimate of drug-likeness (QED) is 0.868. The van der Waals surface area contributed by atoms with Crippen LogP contribution in [0.4, 0.5) is 0 Å². The lowest BCUT2D eigenvalue weighted by Crippen LogP contribution is -2.54. The molecule has 120 valence electrons. The highest BCUT2D eigenvalue weighted by Gasteiger charge is 2.54. The predicted molar refractivity (Wildman–Crippen MR) is 86.4 cm³/mol.